The first-order valence-electron chi connectivity index (χ1n) is 7.78. The molecule has 1 rings (SSSR count). The lowest BCUT2D eigenvalue weighted by atomic mass is 10.2. The Bertz CT molecular complexity index is 637. The van der Waals surface area contributed by atoms with Gasteiger partial charge in [0.15, 0.2) is 0 Å². The molecule has 0 fully saturated rings. The van der Waals surface area contributed by atoms with Gasteiger partial charge < -0.3 is 9.26 Å². The fraction of sp³-hybridized carbons (Fsp3) is 0.500. The number of hydrogen-bond acceptors (Lipinski definition) is 6. The third-order valence-corrected chi connectivity index (χ3v) is 8.30. The fourth-order valence-electron chi connectivity index (χ4n) is 1.43. The van der Waals surface area contributed by atoms with Gasteiger partial charge in [-0.15, -0.1) is 0 Å². The van der Waals surface area contributed by atoms with Crippen LogP contribution in [0.25, 0.3) is 0 Å². The molecule has 0 bridgehead atoms. The number of esters is 1. The number of carbonyl (C=O) groups excluding carboxylic acids is 2. The lowest BCUT2D eigenvalue weighted by Crippen LogP contribution is -2.46. The molecule has 0 saturated carbocycles. The summed E-state index contributed by atoms with van der Waals surface area (Å²) >= 11 is 0. The zero-order valence-corrected chi connectivity index (χ0v) is 16.1. The van der Waals surface area contributed by atoms with Crippen molar-refractivity contribution in [2.75, 3.05) is 0 Å². The molecule has 0 unspecified atom stereocenters. The van der Waals surface area contributed by atoms with Crippen molar-refractivity contribution in [3.63, 3.8) is 0 Å². The number of amides is 1. The number of benzene rings is 1. The van der Waals surface area contributed by atoms with Crippen molar-refractivity contribution in [3.8, 4) is 0 Å². The Kier molecular flexibility index (Phi) is 6.83. The van der Waals surface area contributed by atoms with Gasteiger partial charge in [-0.2, -0.15) is 0 Å². The summed E-state index contributed by atoms with van der Waals surface area (Å²) < 4.78 is 10.5. The number of ether oxygens (including phenoxy) is 1. The van der Waals surface area contributed by atoms with E-state index in [1.807, 2.05) is 33.9 Å². The molecule has 25 heavy (non-hydrogen) atoms. The molecule has 0 aliphatic rings. The molecule has 8 nitrogen and oxygen atoms in total. The third-order valence-electron chi connectivity index (χ3n) is 4.08. The smallest absolute Gasteiger partial charge is 0.315 e. The average molecular weight is 368 g/mol. The first-order valence-corrected chi connectivity index (χ1v) is 10.7. The Morgan fingerprint density at radius 1 is 1.20 bits per heavy atom. The number of nitro groups is 1. The molecule has 0 aliphatic heterocycles. The van der Waals surface area contributed by atoms with E-state index in [1.165, 1.54) is 24.3 Å². The summed E-state index contributed by atoms with van der Waals surface area (Å²) in [6.45, 7) is 9.98. The second-order valence-corrected chi connectivity index (χ2v) is 11.9. The van der Waals surface area contributed by atoms with Crippen LogP contribution in [0.15, 0.2) is 24.3 Å². The molecule has 0 spiro atoms. The van der Waals surface area contributed by atoms with Crippen LogP contribution >= 0.6 is 0 Å². The van der Waals surface area contributed by atoms with E-state index in [9.17, 15) is 19.7 Å². The van der Waals surface area contributed by atoms with E-state index in [-0.39, 0.29) is 17.3 Å². The maximum atomic E-state index is 11.8. The van der Waals surface area contributed by atoms with E-state index in [4.69, 9.17) is 9.26 Å². The van der Waals surface area contributed by atoms with Crippen LogP contribution in [-0.2, 0) is 25.5 Å². The SMILES string of the molecule is CC(C)(C)[Si](C)(C)ONC(=O)CC(=O)OCc1ccc([N+](=O)[O-])cc1. The standard InChI is InChI=1S/C16H24N2O6Si/c1-16(2,3)25(4,5)24-17-14(19)10-15(20)23-11-12-6-8-13(9-7-12)18(21)22/h6-9H,10-11H2,1-5H3,(H,17,19). The van der Waals surface area contributed by atoms with Gasteiger partial charge in [-0.25, -0.2) is 5.48 Å². The first kappa shape index (κ1) is 20.8. The predicted octanol–water partition coefficient (Wildman–Crippen LogP) is 3.08. The van der Waals surface area contributed by atoms with Gasteiger partial charge in [-0.05, 0) is 35.8 Å². The summed E-state index contributed by atoms with van der Waals surface area (Å²) in [4.78, 5) is 33.5. The van der Waals surface area contributed by atoms with E-state index in [0.717, 1.165) is 0 Å². The van der Waals surface area contributed by atoms with Gasteiger partial charge in [0.05, 0.1) is 4.92 Å². The molecule has 1 aromatic rings. The summed E-state index contributed by atoms with van der Waals surface area (Å²) in [5, 5.41) is 10.5. The van der Waals surface area contributed by atoms with E-state index >= 15 is 0 Å². The molecule has 1 amide bonds. The second-order valence-electron chi connectivity index (χ2n) is 7.15. The molecule has 1 N–H and O–H groups in total. The Morgan fingerprint density at radius 3 is 2.24 bits per heavy atom. The van der Waals surface area contributed by atoms with Crippen LogP contribution < -0.4 is 5.48 Å². The van der Waals surface area contributed by atoms with Crippen LogP contribution in [0.2, 0.25) is 18.1 Å². The molecule has 9 heteroatoms. The molecule has 0 aromatic heterocycles. The number of nitrogens with one attached hydrogen (secondary N) is 1. The van der Waals surface area contributed by atoms with Crippen molar-refractivity contribution in [1.82, 2.24) is 5.48 Å². The quantitative estimate of drug-likeness (QED) is 0.260. The summed E-state index contributed by atoms with van der Waals surface area (Å²) in [5.41, 5.74) is 2.88. The normalized spacial score (nSPS) is 11.7. The molecular weight excluding hydrogens is 344 g/mol. The number of hydrogen-bond donors (Lipinski definition) is 1. The highest BCUT2D eigenvalue weighted by Crippen LogP contribution is 2.35. The van der Waals surface area contributed by atoms with Gasteiger partial charge in [0, 0.05) is 12.1 Å². The van der Waals surface area contributed by atoms with Crippen molar-refractivity contribution in [2.24, 2.45) is 0 Å². The van der Waals surface area contributed by atoms with E-state index in [2.05, 4.69) is 5.48 Å². The molecule has 1 aromatic carbocycles. The number of nitro benzene ring substituents is 1. The molecule has 0 heterocycles. The van der Waals surface area contributed by atoms with Crippen LogP contribution in [0.3, 0.4) is 0 Å². The van der Waals surface area contributed by atoms with Gasteiger partial charge in [-0.1, -0.05) is 20.8 Å². The number of nitrogens with zero attached hydrogens (tertiary/aromatic N) is 1. The van der Waals surface area contributed by atoms with E-state index < -0.39 is 31.5 Å². The van der Waals surface area contributed by atoms with Gasteiger partial charge in [0.1, 0.15) is 13.0 Å². The van der Waals surface area contributed by atoms with Gasteiger partial charge >= 0.3 is 5.97 Å². The Labute approximate surface area is 147 Å². The largest absolute Gasteiger partial charge is 0.460 e. The first-order chi connectivity index (χ1) is 11.4. The third kappa shape index (κ3) is 6.63. The van der Waals surface area contributed by atoms with E-state index in [1.54, 1.807) is 0 Å². The summed E-state index contributed by atoms with van der Waals surface area (Å²) in [6, 6.07) is 5.63. The Hall–Kier alpha value is -2.26. The van der Waals surface area contributed by atoms with Crippen LogP contribution in [0.4, 0.5) is 5.69 Å². The molecule has 138 valence electrons. The zero-order valence-electron chi connectivity index (χ0n) is 15.1. The summed E-state index contributed by atoms with van der Waals surface area (Å²) in [5.74, 6) is -1.27. The minimum absolute atomic E-state index is 0.0442. The molecule has 0 radical (unpaired) electrons. The van der Waals surface area contributed by atoms with Gasteiger partial charge in [-0.3, -0.25) is 19.7 Å². The fourth-order valence-corrected chi connectivity index (χ4v) is 2.11. The van der Waals surface area contributed by atoms with Crippen molar-refractivity contribution in [3.05, 3.63) is 39.9 Å². The predicted molar refractivity (Wildman–Crippen MR) is 93.9 cm³/mol. The topological polar surface area (TPSA) is 108 Å². The van der Waals surface area contributed by atoms with Gasteiger partial charge in [0.25, 0.3) is 11.6 Å². The van der Waals surface area contributed by atoms with Crippen molar-refractivity contribution in [1.29, 1.82) is 0 Å². The second kappa shape index (κ2) is 8.21. The Morgan fingerprint density at radius 2 is 1.76 bits per heavy atom. The maximum Gasteiger partial charge on any atom is 0.315 e. The number of carbonyl (C=O) groups is 2. The van der Waals surface area contributed by atoms with Crippen molar-refractivity contribution >= 4 is 25.9 Å². The van der Waals surface area contributed by atoms with Crippen molar-refractivity contribution in [2.45, 2.75) is 51.9 Å². The number of rotatable bonds is 7. The molecule has 0 saturated heterocycles. The highest BCUT2D eigenvalue weighted by molar-refractivity contribution is 6.74. The van der Waals surface area contributed by atoms with Crippen LogP contribution in [0.1, 0.15) is 32.8 Å². The monoisotopic (exact) mass is 368 g/mol. The number of hydroxylamine groups is 1. The highest BCUT2D eigenvalue weighted by atomic mass is 28.4. The van der Waals surface area contributed by atoms with E-state index in [0.29, 0.717) is 5.56 Å². The zero-order chi connectivity index (χ0) is 19.3. The lowest BCUT2D eigenvalue weighted by molar-refractivity contribution is -0.384. The minimum atomic E-state index is -2.14. The summed E-state index contributed by atoms with van der Waals surface area (Å²) in [7, 11) is -2.14. The molecular formula is C16H24N2O6Si. The Balaban J connectivity index is 2.41. The summed E-state index contributed by atoms with van der Waals surface area (Å²) in [6.07, 6.45) is -0.457. The van der Waals surface area contributed by atoms with Crippen molar-refractivity contribution < 1.29 is 23.8 Å². The number of non-ortho nitro benzene ring substituents is 1. The highest BCUT2D eigenvalue weighted by Gasteiger charge is 2.38. The van der Waals surface area contributed by atoms with Crippen LogP contribution in [0, 0.1) is 10.1 Å². The lowest BCUT2D eigenvalue weighted by Gasteiger charge is -2.35. The molecule has 0 aliphatic carbocycles. The molecule has 0 atom stereocenters. The van der Waals surface area contributed by atoms with Crippen LogP contribution in [-0.4, -0.2) is 25.1 Å². The van der Waals surface area contributed by atoms with Crippen LogP contribution in [0.5, 0.6) is 0 Å². The van der Waals surface area contributed by atoms with Gasteiger partial charge in [0.2, 0.25) is 8.32 Å². The maximum absolute atomic E-state index is 11.8. The minimum Gasteiger partial charge on any atom is -0.460 e. The average Bonchev–Trinajstić information content (AvgIpc) is 2.50.